The van der Waals surface area contributed by atoms with E-state index >= 15 is 0 Å². The number of hydrogen-bond acceptors (Lipinski definition) is 5. The maximum absolute atomic E-state index is 13.2. The van der Waals surface area contributed by atoms with Gasteiger partial charge in [-0.15, -0.1) is 0 Å². The lowest BCUT2D eigenvalue weighted by Gasteiger charge is -2.36. The fourth-order valence-corrected chi connectivity index (χ4v) is 4.92. The zero-order chi connectivity index (χ0) is 26.5. The van der Waals surface area contributed by atoms with Gasteiger partial charge in [0.15, 0.2) is 0 Å². The van der Waals surface area contributed by atoms with E-state index in [1.165, 1.54) is 4.90 Å². The first-order valence-corrected chi connectivity index (χ1v) is 12.9. The van der Waals surface area contributed by atoms with Crippen LogP contribution in [0.1, 0.15) is 46.4 Å². The molecule has 2 aromatic rings. The highest BCUT2D eigenvalue weighted by atomic mass is 16.5. The minimum atomic E-state index is -0.593. The van der Waals surface area contributed by atoms with Crippen molar-refractivity contribution in [3.63, 3.8) is 0 Å². The second kappa shape index (κ2) is 11.6. The van der Waals surface area contributed by atoms with E-state index < -0.39 is 12.0 Å². The van der Waals surface area contributed by atoms with E-state index in [1.54, 1.807) is 14.0 Å². The maximum Gasteiger partial charge on any atom is 0.338 e. The molecule has 2 aliphatic rings. The molecule has 0 unspecified atom stereocenters. The average Bonchev–Trinajstić information content (AvgIpc) is 3.12. The quantitative estimate of drug-likeness (QED) is 0.607. The first kappa shape index (κ1) is 26.4. The molecule has 0 aliphatic carbocycles. The van der Waals surface area contributed by atoms with Gasteiger partial charge >= 0.3 is 12.0 Å². The normalized spacial score (nSPS) is 18.9. The molecule has 0 radical (unpaired) electrons. The van der Waals surface area contributed by atoms with Gasteiger partial charge in [0.25, 0.3) is 5.91 Å². The Morgan fingerprint density at radius 3 is 2.46 bits per heavy atom. The average molecular weight is 505 g/mol. The van der Waals surface area contributed by atoms with E-state index in [9.17, 15) is 14.4 Å². The van der Waals surface area contributed by atoms with Gasteiger partial charge in [0.05, 0.1) is 18.2 Å². The van der Waals surface area contributed by atoms with Crippen molar-refractivity contribution in [2.24, 2.45) is 0 Å². The Labute approximate surface area is 218 Å². The van der Waals surface area contributed by atoms with Crippen LogP contribution < -0.4 is 5.32 Å². The Hall–Kier alpha value is -3.65. The summed E-state index contributed by atoms with van der Waals surface area (Å²) in [4.78, 5) is 44.9. The number of likely N-dealkylation sites (N-methyl/N-ethyl adjacent to an activating group) is 1. The van der Waals surface area contributed by atoms with Crippen LogP contribution in [-0.4, -0.2) is 79.0 Å². The summed E-state index contributed by atoms with van der Waals surface area (Å²) in [6, 6.07) is 14.6. The standard InChI is InChI=1S/C29H36N4O4/c1-5-37-28(35)25-24(31(4)29(36)30-26(25)23-9-6-8-21(3)18-23)19-32-14-7-15-33(17-16-32)27(34)22-12-10-20(2)11-13-22/h6,8-13,18,26H,5,7,14-17,19H2,1-4H3,(H,30,36)/t26-/m0/s1. The zero-order valence-electron chi connectivity index (χ0n) is 22.1. The van der Waals surface area contributed by atoms with Crippen LogP contribution >= 0.6 is 0 Å². The Morgan fingerprint density at radius 2 is 1.76 bits per heavy atom. The number of urea groups is 1. The summed E-state index contributed by atoms with van der Waals surface area (Å²) in [7, 11) is 1.68. The number of carbonyl (C=O) groups is 3. The second-order valence-electron chi connectivity index (χ2n) is 9.72. The largest absolute Gasteiger partial charge is 0.463 e. The van der Waals surface area contributed by atoms with Crippen molar-refractivity contribution < 1.29 is 19.1 Å². The summed E-state index contributed by atoms with van der Waals surface area (Å²) in [5.74, 6) is -0.399. The monoisotopic (exact) mass is 504 g/mol. The number of esters is 1. The molecule has 1 N–H and O–H groups in total. The number of hydrogen-bond donors (Lipinski definition) is 1. The topological polar surface area (TPSA) is 82.2 Å². The number of amides is 3. The van der Waals surface area contributed by atoms with Crippen molar-refractivity contribution in [1.29, 1.82) is 0 Å². The van der Waals surface area contributed by atoms with Gasteiger partial charge in [-0.05, 0) is 44.9 Å². The van der Waals surface area contributed by atoms with Gasteiger partial charge in [-0.25, -0.2) is 9.59 Å². The minimum absolute atomic E-state index is 0.0296. The predicted octanol–water partition coefficient (Wildman–Crippen LogP) is 3.66. The molecule has 2 aliphatic heterocycles. The number of rotatable bonds is 6. The highest BCUT2D eigenvalue weighted by molar-refractivity contribution is 5.95. The minimum Gasteiger partial charge on any atom is -0.463 e. The molecule has 0 saturated carbocycles. The van der Waals surface area contributed by atoms with Gasteiger partial charge in [0.2, 0.25) is 0 Å². The van der Waals surface area contributed by atoms with E-state index in [1.807, 2.05) is 67.3 Å². The number of nitrogens with zero attached hydrogens (tertiary/aromatic N) is 3. The molecule has 1 fully saturated rings. The van der Waals surface area contributed by atoms with Gasteiger partial charge in [0, 0.05) is 51.0 Å². The van der Waals surface area contributed by atoms with Crippen molar-refractivity contribution in [3.8, 4) is 0 Å². The van der Waals surface area contributed by atoms with E-state index in [0.29, 0.717) is 43.0 Å². The smallest absolute Gasteiger partial charge is 0.338 e. The van der Waals surface area contributed by atoms with Crippen molar-refractivity contribution >= 4 is 17.9 Å². The van der Waals surface area contributed by atoms with E-state index in [-0.39, 0.29) is 18.5 Å². The summed E-state index contributed by atoms with van der Waals surface area (Å²) >= 11 is 0. The van der Waals surface area contributed by atoms with Crippen LogP contribution in [0.4, 0.5) is 4.79 Å². The molecule has 1 atom stereocenters. The summed E-state index contributed by atoms with van der Waals surface area (Å²) in [6.45, 7) is 9.05. The van der Waals surface area contributed by atoms with Gasteiger partial charge in [-0.1, -0.05) is 47.5 Å². The maximum atomic E-state index is 13.2. The first-order valence-electron chi connectivity index (χ1n) is 12.9. The Bertz CT molecular complexity index is 1190. The van der Waals surface area contributed by atoms with Gasteiger partial charge in [-0.2, -0.15) is 0 Å². The molecule has 3 amide bonds. The summed E-state index contributed by atoms with van der Waals surface area (Å²) in [5, 5.41) is 2.98. The lowest BCUT2D eigenvalue weighted by molar-refractivity contribution is -0.139. The van der Waals surface area contributed by atoms with Crippen molar-refractivity contribution in [1.82, 2.24) is 20.0 Å². The molecular formula is C29H36N4O4. The Kier molecular flexibility index (Phi) is 8.28. The lowest BCUT2D eigenvalue weighted by Crippen LogP contribution is -2.49. The molecule has 2 aromatic carbocycles. The molecule has 8 nitrogen and oxygen atoms in total. The summed E-state index contributed by atoms with van der Waals surface area (Å²) in [6.07, 6.45) is 0.802. The van der Waals surface area contributed by atoms with E-state index in [0.717, 1.165) is 29.7 Å². The van der Waals surface area contributed by atoms with Gasteiger partial charge in [-0.3, -0.25) is 14.6 Å². The third kappa shape index (κ3) is 6.02. The number of ether oxygens (including phenoxy) is 1. The third-order valence-corrected chi connectivity index (χ3v) is 7.00. The fourth-order valence-electron chi connectivity index (χ4n) is 4.92. The lowest BCUT2D eigenvalue weighted by atomic mass is 9.93. The summed E-state index contributed by atoms with van der Waals surface area (Å²) < 4.78 is 5.45. The van der Waals surface area contributed by atoms with Crippen LogP contribution in [0.5, 0.6) is 0 Å². The number of carbonyl (C=O) groups excluding carboxylic acids is 3. The van der Waals surface area contributed by atoms with Crippen molar-refractivity contribution in [2.75, 3.05) is 46.4 Å². The van der Waals surface area contributed by atoms with Crippen LogP contribution in [0, 0.1) is 13.8 Å². The highest BCUT2D eigenvalue weighted by Gasteiger charge is 2.37. The molecule has 4 rings (SSSR count). The first-order chi connectivity index (χ1) is 17.8. The molecule has 0 aromatic heterocycles. The molecule has 1 saturated heterocycles. The van der Waals surface area contributed by atoms with Gasteiger partial charge < -0.3 is 15.0 Å². The van der Waals surface area contributed by atoms with Crippen LogP contribution in [0.25, 0.3) is 0 Å². The van der Waals surface area contributed by atoms with Crippen LogP contribution in [0.3, 0.4) is 0 Å². The van der Waals surface area contributed by atoms with E-state index in [4.69, 9.17) is 4.74 Å². The SMILES string of the molecule is CCOC(=O)C1=C(CN2CCCN(C(=O)c3ccc(C)cc3)CC2)N(C)C(=O)N[C@H]1c1cccc(C)c1. The Morgan fingerprint density at radius 1 is 1.00 bits per heavy atom. The molecular weight excluding hydrogens is 468 g/mol. The Balaban J connectivity index is 1.59. The van der Waals surface area contributed by atoms with E-state index in [2.05, 4.69) is 10.2 Å². The predicted molar refractivity (Wildman–Crippen MR) is 142 cm³/mol. The van der Waals surface area contributed by atoms with Crippen LogP contribution in [0.15, 0.2) is 59.8 Å². The summed E-state index contributed by atoms with van der Waals surface area (Å²) in [5.41, 5.74) is 4.78. The number of aryl methyl sites for hydroxylation is 2. The second-order valence-corrected chi connectivity index (χ2v) is 9.72. The molecule has 0 spiro atoms. The van der Waals surface area contributed by atoms with Crippen LogP contribution in [-0.2, 0) is 9.53 Å². The third-order valence-electron chi connectivity index (χ3n) is 7.00. The number of benzene rings is 2. The zero-order valence-corrected chi connectivity index (χ0v) is 22.1. The van der Waals surface area contributed by atoms with Crippen LogP contribution in [0.2, 0.25) is 0 Å². The van der Waals surface area contributed by atoms with Gasteiger partial charge in [0.1, 0.15) is 0 Å². The molecule has 0 bridgehead atoms. The molecule has 8 heteroatoms. The molecule has 2 heterocycles. The fraction of sp³-hybridized carbons (Fsp3) is 0.414. The van der Waals surface area contributed by atoms with Crippen molar-refractivity contribution in [3.05, 3.63) is 82.1 Å². The van der Waals surface area contributed by atoms with Crippen molar-refractivity contribution in [2.45, 2.75) is 33.2 Å². The molecule has 37 heavy (non-hydrogen) atoms. The number of nitrogens with one attached hydrogen (secondary N) is 1. The molecule has 196 valence electrons. The highest BCUT2D eigenvalue weighted by Crippen LogP contribution is 2.32.